The number of nitrogen functional groups attached to an aromatic ring is 1. The van der Waals surface area contributed by atoms with Crippen LogP contribution in [0.5, 0.6) is 0 Å². The summed E-state index contributed by atoms with van der Waals surface area (Å²) in [5.41, 5.74) is 3.32. The lowest BCUT2D eigenvalue weighted by Gasteiger charge is -2.25. The summed E-state index contributed by atoms with van der Waals surface area (Å²) in [5, 5.41) is 0. The third-order valence-corrected chi connectivity index (χ3v) is 4.46. The van der Waals surface area contributed by atoms with Crippen molar-refractivity contribution in [2.45, 2.75) is 13.5 Å². The first-order chi connectivity index (χ1) is 8.48. The van der Waals surface area contributed by atoms with Crippen molar-refractivity contribution in [3.05, 3.63) is 17.6 Å². The molecule has 0 saturated carbocycles. The van der Waals surface area contributed by atoms with Crippen LogP contribution in [0.2, 0.25) is 0 Å². The van der Waals surface area contributed by atoms with Gasteiger partial charge in [-0.15, -0.1) is 0 Å². The molecule has 1 fully saturated rings. The second kappa shape index (κ2) is 5.17. The number of aryl methyl sites for hydroxylation is 1. The summed E-state index contributed by atoms with van der Waals surface area (Å²) in [6.07, 6.45) is 0. The maximum absolute atomic E-state index is 11.3. The molecule has 2 rings (SSSR count). The van der Waals surface area contributed by atoms with E-state index in [-0.39, 0.29) is 11.5 Å². The standard InChI is InChI=1S/C10H17N5O2S/c1-8-6-9(14-11)13-10(12-8)7-15-2-4-18(16,17)5-3-15/h6H,2-5,7,11H2,1H3,(H,12,13,14). The molecule has 8 heteroatoms. The highest BCUT2D eigenvalue weighted by Crippen LogP contribution is 2.10. The van der Waals surface area contributed by atoms with Crippen LogP contribution in [0, 0.1) is 6.92 Å². The van der Waals surface area contributed by atoms with Gasteiger partial charge in [0.25, 0.3) is 0 Å². The Kier molecular flexibility index (Phi) is 3.79. The van der Waals surface area contributed by atoms with Gasteiger partial charge in [-0.2, -0.15) is 0 Å². The van der Waals surface area contributed by atoms with Crippen molar-refractivity contribution in [3.8, 4) is 0 Å². The summed E-state index contributed by atoms with van der Waals surface area (Å²) in [6.45, 7) is 3.48. The average Bonchev–Trinajstić information content (AvgIpc) is 2.31. The van der Waals surface area contributed by atoms with Crippen molar-refractivity contribution in [1.82, 2.24) is 14.9 Å². The first-order valence-corrected chi connectivity index (χ1v) is 7.54. The van der Waals surface area contributed by atoms with E-state index >= 15 is 0 Å². The maximum atomic E-state index is 11.3. The Morgan fingerprint density at radius 2 is 2.06 bits per heavy atom. The van der Waals surface area contributed by atoms with Crippen molar-refractivity contribution in [2.75, 3.05) is 30.0 Å². The summed E-state index contributed by atoms with van der Waals surface area (Å²) in [4.78, 5) is 10.6. The van der Waals surface area contributed by atoms with Crippen LogP contribution in [0.3, 0.4) is 0 Å². The first kappa shape index (κ1) is 13.2. The van der Waals surface area contributed by atoms with Gasteiger partial charge >= 0.3 is 0 Å². The fourth-order valence-electron chi connectivity index (χ4n) is 1.88. The molecule has 1 aromatic heterocycles. The quantitative estimate of drug-likeness (QED) is 0.553. The number of nitrogens with zero attached hydrogens (tertiary/aromatic N) is 3. The molecular weight excluding hydrogens is 254 g/mol. The SMILES string of the molecule is Cc1cc(NN)nc(CN2CCS(=O)(=O)CC2)n1. The van der Waals surface area contributed by atoms with E-state index in [9.17, 15) is 8.42 Å². The van der Waals surface area contributed by atoms with Crippen molar-refractivity contribution >= 4 is 15.7 Å². The molecule has 0 aromatic carbocycles. The molecule has 2 heterocycles. The zero-order valence-corrected chi connectivity index (χ0v) is 11.1. The largest absolute Gasteiger partial charge is 0.308 e. The third-order valence-electron chi connectivity index (χ3n) is 2.85. The topological polar surface area (TPSA) is 101 Å². The van der Waals surface area contributed by atoms with Gasteiger partial charge in [0, 0.05) is 24.8 Å². The van der Waals surface area contributed by atoms with Crippen LogP contribution < -0.4 is 11.3 Å². The minimum Gasteiger partial charge on any atom is -0.308 e. The molecule has 1 aliphatic heterocycles. The number of hydrogen-bond donors (Lipinski definition) is 2. The van der Waals surface area contributed by atoms with E-state index in [1.807, 2.05) is 11.8 Å². The Balaban J connectivity index is 2.04. The number of sulfone groups is 1. The monoisotopic (exact) mass is 271 g/mol. The number of anilines is 1. The van der Waals surface area contributed by atoms with Crippen molar-refractivity contribution in [3.63, 3.8) is 0 Å². The van der Waals surface area contributed by atoms with Gasteiger partial charge < -0.3 is 5.43 Å². The normalized spacial score (nSPS) is 19.7. The van der Waals surface area contributed by atoms with E-state index in [4.69, 9.17) is 5.84 Å². The number of nitrogens with one attached hydrogen (secondary N) is 1. The predicted octanol–water partition coefficient (Wildman–Crippen LogP) is -0.699. The molecule has 0 radical (unpaired) electrons. The maximum Gasteiger partial charge on any atom is 0.152 e. The summed E-state index contributed by atoms with van der Waals surface area (Å²) in [7, 11) is -2.84. The van der Waals surface area contributed by atoms with E-state index in [0.717, 1.165) is 5.69 Å². The van der Waals surface area contributed by atoms with Gasteiger partial charge in [0.05, 0.1) is 18.1 Å². The van der Waals surface area contributed by atoms with Crippen LogP contribution in [-0.4, -0.2) is 47.9 Å². The van der Waals surface area contributed by atoms with Gasteiger partial charge in [0.15, 0.2) is 9.84 Å². The lowest BCUT2D eigenvalue weighted by molar-refractivity contribution is 0.280. The fraction of sp³-hybridized carbons (Fsp3) is 0.600. The molecule has 0 bridgehead atoms. The highest BCUT2D eigenvalue weighted by Gasteiger charge is 2.22. The van der Waals surface area contributed by atoms with Gasteiger partial charge in [-0.05, 0) is 6.92 Å². The summed E-state index contributed by atoms with van der Waals surface area (Å²) < 4.78 is 22.6. The van der Waals surface area contributed by atoms with E-state index in [1.54, 1.807) is 6.07 Å². The molecule has 18 heavy (non-hydrogen) atoms. The molecule has 1 aromatic rings. The number of aromatic nitrogens is 2. The Bertz CT molecular complexity index is 517. The minimum atomic E-state index is -2.84. The molecule has 0 spiro atoms. The zero-order valence-electron chi connectivity index (χ0n) is 10.3. The van der Waals surface area contributed by atoms with Crippen molar-refractivity contribution < 1.29 is 8.42 Å². The molecule has 1 aliphatic rings. The molecule has 0 aliphatic carbocycles. The first-order valence-electron chi connectivity index (χ1n) is 5.72. The van der Waals surface area contributed by atoms with Crippen LogP contribution in [-0.2, 0) is 16.4 Å². The molecule has 0 unspecified atom stereocenters. The van der Waals surface area contributed by atoms with E-state index in [1.165, 1.54) is 0 Å². The molecule has 0 amide bonds. The Labute approximate surface area is 106 Å². The van der Waals surface area contributed by atoms with E-state index in [2.05, 4.69) is 15.4 Å². The van der Waals surface area contributed by atoms with Crippen LogP contribution in [0.1, 0.15) is 11.5 Å². The van der Waals surface area contributed by atoms with Crippen LogP contribution in [0.25, 0.3) is 0 Å². The molecule has 1 saturated heterocycles. The Hall–Kier alpha value is -1.25. The lowest BCUT2D eigenvalue weighted by atomic mass is 10.4. The zero-order chi connectivity index (χ0) is 13.2. The Morgan fingerprint density at radius 1 is 1.39 bits per heavy atom. The second-order valence-corrected chi connectivity index (χ2v) is 6.69. The van der Waals surface area contributed by atoms with E-state index < -0.39 is 9.84 Å². The highest BCUT2D eigenvalue weighted by molar-refractivity contribution is 7.91. The Morgan fingerprint density at radius 3 is 2.67 bits per heavy atom. The molecular formula is C10H17N5O2S. The minimum absolute atomic E-state index is 0.209. The third kappa shape index (κ3) is 3.37. The molecule has 0 atom stereocenters. The summed E-state index contributed by atoms with van der Waals surface area (Å²) in [5.74, 6) is 6.97. The fourth-order valence-corrected chi connectivity index (χ4v) is 3.16. The molecule has 7 nitrogen and oxygen atoms in total. The van der Waals surface area contributed by atoms with Crippen LogP contribution in [0.15, 0.2) is 6.07 Å². The number of rotatable bonds is 3. The smallest absolute Gasteiger partial charge is 0.152 e. The van der Waals surface area contributed by atoms with Crippen molar-refractivity contribution in [1.29, 1.82) is 0 Å². The molecule has 100 valence electrons. The van der Waals surface area contributed by atoms with Crippen molar-refractivity contribution in [2.24, 2.45) is 5.84 Å². The number of nitrogens with two attached hydrogens (primary N) is 1. The van der Waals surface area contributed by atoms with Gasteiger partial charge in [0.2, 0.25) is 0 Å². The van der Waals surface area contributed by atoms with Gasteiger partial charge in [-0.1, -0.05) is 0 Å². The van der Waals surface area contributed by atoms with Crippen LogP contribution in [0.4, 0.5) is 5.82 Å². The van der Waals surface area contributed by atoms with Gasteiger partial charge in [-0.3, -0.25) is 4.90 Å². The second-order valence-electron chi connectivity index (χ2n) is 4.38. The van der Waals surface area contributed by atoms with E-state index in [0.29, 0.717) is 31.3 Å². The van der Waals surface area contributed by atoms with Crippen LogP contribution >= 0.6 is 0 Å². The summed E-state index contributed by atoms with van der Waals surface area (Å²) in [6, 6.07) is 1.75. The predicted molar refractivity (Wildman–Crippen MR) is 68.5 cm³/mol. The number of hydrogen-bond acceptors (Lipinski definition) is 7. The van der Waals surface area contributed by atoms with Gasteiger partial charge in [0.1, 0.15) is 11.6 Å². The lowest BCUT2D eigenvalue weighted by Crippen LogP contribution is -2.40. The summed E-state index contributed by atoms with van der Waals surface area (Å²) >= 11 is 0. The number of hydrazine groups is 1. The van der Waals surface area contributed by atoms with Gasteiger partial charge in [-0.25, -0.2) is 24.2 Å². The highest BCUT2D eigenvalue weighted by atomic mass is 32.2. The average molecular weight is 271 g/mol. The molecule has 3 N–H and O–H groups in total.